The summed E-state index contributed by atoms with van der Waals surface area (Å²) in [6, 6.07) is 0. The molecule has 3 nitrogen and oxygen atoms in total. The lowest BCUT2D eigenvalue weighted by atomic mass is 9.68. The first-order valence-electron chi connectivity index (χ1n) is 6.31. The fourth-order valence-corrected chi connectivity index (χ4v) is 3.07. The van der Waals surface area contributed by atoms with E-state index in [9.17, 15) is 4.79 Å². The van der Waals surface area contributed by atoms with Crippen molar-refractivity contribution in [3.05, 3.63) is 0 Å². The minimum absolute atomic E-state index is 0.104. The molecule has 94 valence electrons. The monoisotopic (exact) mass is 227 g/mol. The number of hydrogen-bond acceptors (Lipinski definition) is 2. The van der Waals surface area contributed by atoms with E-state index < -0.39 is 5.97 Å². The molecule has 0 heterocycles. The van der Waals surface area contributed by atoms with Crippen molar-refractivity contribution in [1.82, 2.24) is 0 Å². The topological polar surface area (TPSA) is 63.3 Å². The molecule has 3 unspecified atom stereocenters. The van der Waals surface area contributed by atoms with E-state index in [-0.39, 0.29) is 17.9 Å². The van der Waals surface area contributed by atoms with Crippen molar-refractivity contribution < 1.29 is 9.90 Å². The summed E-state index contributed by atoms with van der Waals surface area (Å²) in [5.74, 6) is 0.590. The van der Waals surface area contributed by atoms with Crippen molar-refractivity contribution in [1.29, 1.82) is 0 Å². The highest BCUT2D eigenvalue weighted by atomic mass is 16.4. The van der Waals surface area contributed by atoms with E-state index in [1.165, 1.54) is 12.8 Å². The SMILES string of the molecule is CC1CCCC(C(CC(=O)O)C(C)(C)N)C1. The third-order valence-corrected chi connectivity index (χ3v) is 3.90. The number of rotatable bonds is 4. The minimum Gasteiger partial charge on any atom is -0.481 e. The maximum absolute atomic E-state index is 10.9. The van der Waals surface area contributed by atoms with Gasteiger partial charge in [-0.15, -0.1) is 0 Å². The minimum atomic E-state index is -0.721. The van der Waals surface area contributed by atoms with Crippen molar-refractivity contribution in [2.75, 3.05) is 0 Å². The molecule has 3 atom stereocenters. The maximum Gasteiger partial charge on any atom is 0.303 e. The van der Waals surface area contributed by atoms with Crippen LogP contribution in [-0.4, -0.2) is 16.6 Å². The summed E-state index contributed by atoms with van der Waals surface area (Å²) < 4.78 is 0. The van der Waals surface area contributed by atoms with E-state index in [0.717, 1.165) is 18.8 Å². The van der Waals surface area contributed by atoms with Crippen molar-refractivity contribution in [3.63, 3.8) is 0 Å². The largest absolute Gasteiger partial charge is 0.481 e. The molecule has 0 saturated heterocycles. The van der Waals surface area contributed by atoms with E-state index in [1.807, 2.05) is 13.8 Å². The average Bonchev–Trinajstić information content (AvgIpc) is 2.12. The van der Waals surface area contributed by atoms with Gasteiger partial charge in [-0.2, -0.15) is 0 Å². The highest BCUT2D eigenvalue weighted by Crippen LogP contribution is 2.38. The van der Waals surface area contributed by atoms with Gasteiger partial charge in [0.2, 0.25) is 0 Å². The van der Waals surface area contributed by atoms with E-state index in [0.29, 0.717) is 5.92 Å². The Kier molecular flexibility index (Phi) is 4.36. The Morgan fingerprint density at radius 1 is 1.50 bits per heavy atom. The Morgan fingerprint density at radius 2 is 2.12 bits per heavy atom. The van der Waals surface area contributed by atoms with Gasteiger partial charge in [-0.3, -0.25) is 4.79 Å². The van der Waals surface area contributed by atoms with Crippen LogP contribution in [0.1, 0.15) is 52.9 Å². The number of hydrogen-bond donors (Lipinski definition) is 2. The molecule has 3 heteroatoms. The Balaban J connectivity index is 2.71. The van der Waals surface area contributed by atoms with E-state index in [1.54, 1.807) is 0 Å². The van der Waals surface area contributed by atoms with Crippen LogP contribution < -0.4 is 5.73 Å². The highest BCUT2D eigenvalue weighted by Gasteiger charge is 2.36. The van der Waals surface area contributed by atoms with Gasteiger partial charge in [0.25, 0.3) is 0 Å². The molecule has 1 aliphatic carbocycles. The summed E-state index contributed by atoms with van der Waals surface area (Å²) in [4.78, 5) is 10.9. The Labute approximate surface area is 98.4 Å². The molecule has 1 saturated carbocycles. The van der Waals surface area contributed by atoms with E-state index in [2.05, 4.69) is 6.92 Å². The molecule has 0 aromatic rings. The second-order valence-electron chi connectivity index (χ2n) is 6.06. The summed E-state index contributed by atoms with van der Waals surface area (Å²) in [5.41, 5.74) is 5.75. The zero-order valence-corrected chi connectivity index (χ0v) is 10.7. The van der Waals surface area contributed by atoms with Crippen LogP contribution in [0.15, 0.2) is 0 Å². The molecule has 0 spiro atoms. The first-order chi connectivity index (χ1) is 7.30. The molecule has 0 bridgehead atoms. The zero-order chi connectivity index (χ0) is 12.3. The fourth-order valence-electron chi connectivity index (χ4n) is 3.07. The Hall–Kier alpha value is -0.570. The van der Waals surface area contributed by atoms with Crippen molar-refractivity contribution in [2.24, 2.45) is 23.5 Å². The summed E-state index contributed by atoms with van der Waals surface area (Å²) >= 11 is 0. The number of carboxylic acids is 1. The molecule has 3 N–H and O–H groups in total. The smallest absolute Gasteiger partial charge is 0.303 e. The third-order valence-electron chi connectivity index (χ3n) is 3.90. The molecule has 0 amide bonds. The molecule has 1 rings (SSSR count). The van der Waals surface area contributed by atoms with Gasteiger partial charge in [-0.25, -0.2) is 0 Å². The van der Waals surface area contributed by atoms with Crippen molar-refractivity contribution in [2.45, 2.75) is 58.4 Å². The van der Waals surface area contributed by atoms with E-state index >= 15 is 0 Å². The summed E-state index contributed by atoms with van der Waals surface area (Å²) in [6.07, 6.45) is 4.99. The first kappa shape index (κ1) is 13.5. The molecule has 0 aromatic carbocycles. The van der Waals surface area contributed by atoms with Gasteiger partial charge in [0.05, 0.1) is 6.42 Å². The average molecular weight is 227 g/mol. The third kappa shape index (κ3) is 3.78. The van der Waals surface area contributed by atoms with Gasteiger partial charge in [-0.05, 0) is 38.0 Å². The van der Waals surface area contributed by atoms with Crippen LogP contribution in [0.5, 0.6) is 0 Å². The number of carboxylic acid groups (broad SMARTS) is 1. The van der Waals surface area contributed by atoms with Crippen LogP contribution in [0, 0.1) is 17.8 Å². The van der Waals surface area contributed by atoms with Gasteiger partial charge >= 0.3 is 5.97 Å². The quantitative estimate of drug-likeness (QED) is 0.776. The van der Waals surface area contributed by atoms with Gasteiger partial charge in [0.1, 0.15) is 0 Å². The lowest BCUT2D eigenvalue weighted by Gasteiger charge is -2.39. The summed E-state index contributed by atoms with van der Waals surface area (Å²) in [7, 11) is 0. The van der Waals surface area contributed by atoms with Gasteiger partial charge in [-0.1, -0.05) is 26.2 Å². The second-order valence-corrected chi connectivity index (χ2v) is 6.06. The molecule has 0 radical (unpaired) electrons. The van der Waals surface area contributed by atoms with Crippen LogP contribution in [0.3, 0.4) is 0 Å². The molecular formula is C13H25NO2. The predicted molar refractivity (Wildman–Crippen MR) is 65.1 cm³/mol. The van der Waals surface area contributed by atoms with Crippen LogP contribution in [0.25, 0.3) is 0 Å². The van der Waals surface area contributed by atoms with Crippen molar-refractivity contribution in [3.8, 4) is 0 Å². The van der Waals surface area contributed by atoms with Crippen LogP contribution in [0.4, 0.5) is 0 Å². The van der Waals surface area contributed by atoms with Crippen molar-refractivity contribution >= 4 is 5.97 Å². The van der Waals surface area contributed by atoms with Gasteiger partial charge in [0.15, 0.2) is 0 Å². The van der Waals surface area contributed by atoms with Crippen LogP contribution in [0.2, 0.25) is 0 Å². The molecule has 1 aliphatic rings. The molecule has 16 heavy (non-hydrogen) atoms. The molecule has 0 aliphatic heterocycles. The normalized spacial score (nSPS) is 28.8. The summed E-state index contributed by atoms with van der Waals surface area (Å²) in [5, 5.41) is 8.99. The Morgan fingerprint density at radius 3 is 2.56 bits per heavy atom. The number of aliphatic carboxylic acids is 1. The first-order valence-corrected chi connectivity index (χ1v) is 6.31. The molecule has 1 fully saturated rings. The van der Waals surface area contributed by atoms with Crippen LogP contribution in [-0.2, 0) is 4.79 Å². The lowest BCUT2D eigenvalue weighted by molar-refractivity contribution is -0.139. The molecular weight excluding hydrogens is 202 g/mol. The van der Waals surface area contributed by atoms with E-state index in [4.69, 9.17) is 10.8 Å². The van der Waals surface area contributed by atoms with Gasteiger partial charge in [0, 0.05) is 5.54 Å². The Bertz CT molecular complexity index is 245. The lowest BCUT2D eigenvalue weighted by Crippen LogP contribution is -2.46. The molecule has 0 aromatic heterocycles. The zero-order valence-electron chi connectivity index (χ0n) is 10.7. The standard InChI is InChI=1S/C13H25NO2/c1-9-5-4-6-10(7-9)11(8-12(15)16)13(2,3)14/h9-11H,4-8,14H2,1-3H3,(H,15,16). The number of nitrogens with two attached hydrogens (primary N) is 1. The fraction of sp³-hybridized carbons (Fsp3) is 0.923. The highest BCUT2D eigenvalue weighted by molar-refractivity contribution is 5.67. The predicted octanol–water partition coefficient (Wildman–Crippen LogP) is 2.64. The second kappa shape index (κ2) is 5.17. The maximum atomic E-state index is 10.9. The van der Waals surface area contributed by atoms with Crippen LogP contribution >= 0.6 is 0 Å². The number of carbonyl (C=O) groups is 1. The summed E-state index contributed by atoms with van der Waals surface area (Å²) in [6.45, 7) is 6.17. The van der Waals surface area contributed by atoms with Gasteiger partial charge < -0.3 is 10.8 Å².